The van der Waals surface area contributed by atoms with Crippen molar-refractivity contribution in [2.75, 3.05) is 26.0 Å². The van der Waals surface area contributed by atoms with Gasteiger partial charge in [0.25, 0.3) is 0 Å². The monoisotopic (exact) mass is 309 g/mol. The number of thioether (sulfide) groups is 1. The number of hydrogen-bond acceptors (Lipinski definition) is 5. The predicted molar refractivity (Wildman–Crippen MR) is 81.2 cm³/mol. The number of carbonyl (C=O) groups excluding carboxylic acids is 2. The molecule has 2 rings (SSSR count). The molecule has 0 N–H and O–H groups in total. The molecule has 1 aliphatic rings. The first-order valence-corrected chi connectivity index (χ1v) is 7.91. The Morgan fingerprint density at radius 2 is 2.29 bits per heavy atom. The average Bonchev–Trinajstić information content (AvgIpc) is 2.86. The van der Waals surface area contributed by atoms with Crippen molar-refractivity contribution in [1.29, 1.82) is 0 Å². The highest BCUT2D eigenvalue weighted by Crippen LogP contribution is 2.39. The molecule has 0 bridgehead atoms. The number of benzene rings is 1. The van der Waals surface area contributed by atoms with Gasteiger partial charge in [0.05, 0.1) is 25.9 Å². The molecule has 5 nitrogen and oxygen atoms in total. The zero-order valence-corrected chi connectivity index (χ0v) is 13.0. The highest BCUT2D eigenvalue weighted by atomic mass is 32.2. The van der Waals surface area contributed by atoms with Gasteiger partial charge in [-0.15, -0.1) is 11.8 Å². The summed E-state index contributed by atoms with van der Waals surface area (Å²) in [5.41, 5.74) is 1.01. The Morgan fingerprint density at radius 3 is 3.00 bits per heavy atom. The van der Waals surface area contributed by atoms with Crippen molar-refractivity contribution < 1.29 is 19.1 Å². The maximum absolute atomic E-state index is 12.0. The Bertz CT molecular complexity index is 520. The molecule has 114 valence electrons. The maximum atomic E-state index is 12.0. The Morgan fingerprint density at radius 1 is 1.48 bits per heavy atom. The quantitative estimate of drug-likeness (QED) is 0.754. The van der Waals surface area contributed by atoms with E-state index in [1.165, 1.54) is 0 Å². The van der Waals surface area contributed by atoms with Crippen LogP contribution in [-0.2, 0) is 14.3 Å². The zero-order chi connectivity index (χ0) is 15.2. The number of ether oxygens (including phenoxy) is 2. The van der Waals surface area contributed by atoms with Gasteiger partial charge in [0.15, 0.2) is 0 Å². The first-order chi connectivity index (χ1) is 10.2. The Labute approximate surface area is 128 Å². The number of esters is 1. The fourth-order valence-corrected chi connectivity index (χ4v) is 3.42. The third-order valence-electron chi connectivity index (χ3n) is 3.21. The van der Waals surface area contributed by atoms with Crippen LogP contribution in [0.2, 0.25) is 0 Å². The lowest BCUT2D eigenvalue weighted by molar-refractivity contribution is -0.143. The number of hydrogen-bond donors (Lipinski definition) is 0. The van der Waals surface area contributed by atoms with E-state index in [2.05, 4.69) is 0 Å². The van der Waals surface area contributed by atoms with E-state index in [4.69, 9.17) is 9.47 Å². The van der Waals surface area contributed by atoms with Gasteiger partial charge in [-0.2, -0.15) is 0 Å². The highest BCUT2D eigenvalue weighted by Gasteiger charge is 2.33. The maximum Gasteiger partial charge on any atom is 0.307 e. The van der Waals surface area contributed by atoms with Crippen molar-refractivity contribution in [3.8, 4) is 5.75 Å². The molecular weight excluding hydrogens is 290 g/mol. The van der Waals surface area contributed by atoms with E-state index in [1.54, 1.807) is 30.7 Å². The number of nitrogens with zero attached hydrogens (tertiary/aromatic N) is 1. The van der Waals surface area contributed by atoms with Crippen molar-refractivity contribution in [3.63, 3.8) is 0 Å². The van der Waals surface area contributed by atoms with Crippen LogP contribution in [0.25, 0.3) is 0 Å². The van der Waals surface area contributed by atoms with Gasteiger partial charge in [-0.3, -0.25) is 9.59 Å². The Balaban J connectivity index is 2.07. The van der Waals surface area contributed by atoms with Gasteiger partial charge in [-0.05, 0) is 24.6 Å². The van der Waals surface area contributed by atoms with Gasteiger partial charge < -0.3 is 14.4 Å². The molecule has 1 aromatic carbocycles. The molecule has 1 heterocycles. The molecule has 0 saturated carbocycles. The number of methoxy groups -OCH3 is 1. The summed E-state index contributed by atoms with van der Waals surface area (Å²) in [5.74, 6) is 0.978. The normalized spacial score (nSPS) is 17.9. The van der Waals surface area contributed by atoms with Gasteiger partial charge in [-0.1, -0.05) is 12.1 Å². The molecule has 21 heavy (non-hydrogen) atoms. The first kappa shape index (κ1) is 15.7. The van der Waals surface area contributed by atoms with Gasteiger partial charge in [0, 0.05) is 6.54 Å². The smallest absolute Gasteiger partial charge is 0.307 e. The van der Waals surface area contributed by atoms with Crippen LogP contribution in [0, 0.1) is 0 Å². The lowest BCUT2D eigenvalue weighted by Crippen LogP contribution is -2.30. The molecule has 0 spiro atoms. The Kier molecular flexibility index (Phi) is 5.50. The van der Waals surface area contributed by atoms with Crippen molar-refractivity contribution in [1.82, 2.24) is 4.90 Å². The lowest BCUT2D eigenvalue weighted by Gasteiger charge is -2.24. The molecule has 1 fully saturated rings. The van der Waals surface area contributed by atoms with Gasteiger partial charge >= 0.3 is 5.97 Å². The second-order valence-electron chi connectivity index (χ2n) is 4.58. The highest BCUT2D eigenvalue weighted by molar-refractivity contribution is 8.00. The largest absolute Gasteiger partial charge is 0.497 e. The lowest BCUT2D eigenvalue weighted by atomic mass is 10.2. The minimum Gasteiger partial charge on any atom is -0.497 e. The molecule has 1 aliphatic heterocycles. The number of amides is 1. The Hall–Kier alpha value is -1.69. The molecule has 6 heteroatoms. The molecule has 0 aliphatic carbocycles. The minimum atomic E-state index is -0.272. The van der Waals surface area contributed by atoms with E-state index < -0.39 is 0 Å². The second-order valence-corrected chi connectivity index (χ2v) is 5.65. The summed E-state index contributed by atoms with van der Waals surface area (Å²) in [6.45, 7) is 2.52. The fourth-order valence-electron chi connectivity index (χ4n) is 2.21. The van der Waals surface area contributed by atoms with Crippen LogP contribution in [-0.4, -0.2) is 42.8 Å². The van der Waals surface area contributed by atoms with Crippen molar-refractivity contribution in [3.05, 3.63) is 29.8 Å². The van der Waals surface area contributed by atoms with Crippen LogP contribution in [0.1, 0.15) is 24.3 Å². The minimum absolute atomic E-state index is 0.0529. The summed E-state index contributed by atoms with van der Waals surface area (Å²) < 4.78 is 10.1. The van der Waals surface area contributed by atoms with Gasteiger partial charge in [0.2, 0.25) is 5.91 Å². The van der Waals surface area contributed by atoms with Crippen molar-refractivity contribution >= 4 is 23.6 Å². The SMILES string of the molecule is CCOC(=O)CCN1C(=O)CSC1c1cccc(OC)c1. The van der Waals surface area contributed by atoms with Crippen LogP contribution in [0.15, 0.2) is 24.3 Å². The summed E-state index contributed by atoms with van der Waals surface area (Å²) in [4.78, 5) is 25.2. The molecule has 1 amide bonds. The number of rotatable bonds is 6. The summed E-state index contributed by atoms with van der Waals surface area (Å²) in [6, 6.07) is 7.67. The summed E-state index contributed by atoms with van der Waals surface area (Å²) >= 11 is 1.56. The molecular formula is C15H19NO4S. The number of carbonyl (C=O) groups is 2. The van der Waals surface area contributed by atoms with Crippen molar-refractivity contribution in [2.45, 2.75) is 18.7 Å². The molecule has 0 radical (unpaired) electrons. The molecule has 1 aromatic rings. The van der Waals surface area contributed by atoms with Crippen LogP contribution >= 0.6 is 11.8 Å². The standard InChI is InChI=1S/C15H19NO4S/c1-3-20-14(18)7-8-16-13(17)10-21-15(16)11-5-4-6-12(9-11)19-2/h4-6,9,15H,3,7-8,10H2,1-2H3. The van der Waals surface area contributed by atoms with Crippen LogP contribution in [0.3, 0.4) is 0 Å². The van der Waals surface area contributed by atoms with E-state index in [-0.39, 0.29) is 23.7 Å². The molecule has 0 aromatic heterocycles. The molecule has 1 saturated heterocycles. The van der Waals surface area contributed by atoms with E-state index >= 15 is 0 Å². The average molecular weight is 309 g/mol. The fraction of sp³-hybridized carbons (Fsp3) is 0.467. The first-order valence-electron chi connectivity index (χ1n) is 6.86. The van der Waals surface area contributed by atoms with Crippen LogP contribution in [0.5, 0.6) is 5.75 Å². The van der Waals surface area contributed by atoms with E-state index in [0.29, 0.717) is 18.9 Å². The third kappa shape index (κ3) is 3.91. The molecule has 1 unspecified atom stereocenters. The van der Waals surface area contributed by atoms with E-state index in [1.807, 2.05) is 24.3 Å². The van der Waals surface area contributed by atoms with Gasteiger partial charge in [0.1, 0.15) is 11.1 Å². The van der Waals surface area contributed by atoms with Crippen LogP contribution in [0.4, 0.5) is 0 Å². The zero-order valence-electron chi connectivity index (χ0n) is 12.2. The van der Waals surface area contributed by atoms with E-state index in [0.717, 1.165) is 11.3 Å². The summed E-state index contributed by atoms with van der Waals surface area (Å²) in [6.07, 6.45) is 0.223. The molecule has 1 atom stereocenters. The predicted octanol–water partition coefficient (Wildman–Crippen LogP) is 2.22. The van der Waals surface area contributed by atoms with E-state index in [9.17, 15) is 9.59 Å². The topological polar surface area (TPSA) is 55.8 Å². The summed E-state index contributed by atoms with van der Waals surface area (Å²) in [5, 5.41) is -0.0676. The van der Waals surface area contributed by atoms with Gasteiger partial charge in [-0.25, -0.2) is 0 Å². The van der Waals surface area contributed by atoms with Crippen molar-refractivity contribution in [2.24, 2.45) is 0 Å². The second kappa shape index (κ2) is 7.36. The van der Waals surface area contributed by atoms with Crippen LogP contribution < -0.4 is 4.74 Å². The third-order valence-corrected chi connectivity index (χ3v) is 4.47. The summed E-state index contributed by atoms with van der Waals surface area (Å²) in [7, 11) is 1.62.